The number of rotatable bonds is 7. The molecule has 0 radical (unpaired) electrons. The highest BCUT2D eigenvalue weighted by molar-refractivity contribution is 5.92. The molecule has 0 saturated heterocycles. The Hall–Kier alpha value is -3.14. The molecule has 2 aromatic carbocycles. The Morgan fingerprint density at radius 1 is 0.750 bits per heavy atom. The van der Waals surface area contributed by atoms with E-state index < -0.39 is 0 Å². The van der Waals surface area contributed by atoms with Gasteiger partial charge in [0.2, 0.25) is 11.8 Å². The summed E-state index contributed by atoms with van der Waals surface area (Å²) < 4.78 is 0. The first kappa shape index (κ1) is 31.4. The van der Waals surface area contributed by atoms with Gasteiger partial charge in [-0.1, -0.05) is 111 Å². The fourth-order valence-corrected chi connectivity index (χ4v) is 6.01. The first-order chi connectivity index (χ1) is 18.4. The lowest BCUT2D eigenvalue weighted by Gasteiger charge is -2.46. The summed E-state index contributed by atoms with van der Waals surface area (Å²) in [6.07, 6.45) is 9.71. The number of carbonyl (C=O) groups is 2. The lowest BCUT2D eigenvalue weighted by Crippen LogP contribution is -2.50. The van der Waals surface area contributed by atoms with Crippen molar-refractivity contribution >= 4 is 24.0 Å². The molecule has 0 aromatic heterocycles. The second-order valence-corrected chi connectivity index (χ2v) is 14.9. The fourth-order valence-electron chi connectivity index (χ4n) is 6.01. The van der Waals surface area contributed by atoms with Crippen LogP contribution in [-0.2, 0) is 20.4 Å². The SMILES string of the molecule is CC1(C)C[C@@H](NC(=O)/C=C/c2ccc(C(C)(C)C)cc2)C[C@](C)(CNC(=O)/C=C/c2ccc(C(C)(C)C)cc2)C1. The predicted molar refractivity (Wildman–Crippen MR) is 169 cm³/mol. The van der Waals surface area contributed by atoms with Gasteiger partial charge in [-0.15, -0.1) is 0 Å². The van der Waals surface area contributed by atoms with Crippen molar-refractivity contribution in [1.82, 2.24) is 10.6 Å². The molecule has 1 aliphatic rings. The zero-order valence-electron chi connectivity index (χ0n) is 26.2. The van der Waals surface area contributed by atoms with Crippen molar-refractivity contribution in [2.24, 2.45) is 10.8 Å². The smallest absolute Gasteiger partial charge is 0.244 e. The molecule has 2 amide bonds. The molecule has 3 rings (SSSR count). The summed E-state index contributed by atoms with van der Waals surface area (Å²) in [5.74, 6) is -0.167. The van der Waals surface area contributed by atoms with Crippen LogP contribution in [0.5, 0.6) is 0 Å². The fraction of sp³-hybridized carbons (Fsp3) is 0.500. The predicted octanol–water partition coefficient (Wildman–Crippen LogP) is 7.83. The molecule has 1 aliphatic carbocycles. The summed E-state index contributed by atoms with van der Waals surface area (Å²) in [6.45, 7) is 20.4. The van der Waals surface area contributed by atoms with E-state index in [9.17, 15) is 9.59 Å². The van der Waals surface area contributed by atoms with Crippen LogP contribution in [0, 0.1) is 10.8 Å². The molecule has 0 bridgehead atoms. The molecule has 2 aromatic rings. The minimum atomic E-state index is -0.107. The van der Waals surface area contributed by atoms with Crippen molar-refractivity contribution in [1.29, 1.82) is 0 Å². The largest absolute Gasteiger partial charge is 0.352 e. The van der Waals surface area contributed by atoms with Gasteiger partial charge in [-0.05, 0) is 75.3 Å². The molecule has 216 valence electrons. The molecular weight excluding hydrogens is 492 g/mol. The highest BCUT2D eigenvalue weighted by Crippen LogP contribution is 2.45. The Bertz CT molecular complexity index is 1220. The van der Waals surface area contributed by atoms with Crippen molar-refractivity contribution in [3.05, 3.63) is 82.9 Å². The second-order valence-electron chi connectivity index (χ2n) is 14.9. The molecule has 0 unspecified atom stereocenters. The minimum absolute atomic E-state index is 0.0583. The summed E-state index contributed by atoms with van der Waals surface area (Å²) in [4.78, 5) is 25.5. The van der Waals surface area contributed by atoms with Crippen LogP contribution in [0.2, 0.25) is 0 Å². The van der Waals surface area contributed by atoms with E-state index in [-0.39, 0.29) is 39.5 Å². The van der Waals surface area contributed by atoms with Gasteiger partial charge in [-0.3, -0.25) is 9.59 Å². The van der Waals surface area contributed by atoms with E-state index in [0.29, 0.717) is 6.54 Å². The van der Waals surface area contributed by atoms with Gasteiger partial charge < -0.3 is 10.6 Å². The lowest BCUT2D eigenvalue weighted by molar-refractivity contribution is -0.119. The second kappa shape index (κ2) is 12.2. The van der Waals surface area contributed by atoms with Crippen LogP contribution in [0.1, 0.15) is 104 Å². The third kappa shape index (κ3) is 9.50. The van der Waals surface area contributed by atoms with E-state index >= 15 is 0 Å². The van der Waals surface area contributed by atoms with Crippen LogP contribution in [0.3, 0.4) is 0 Å². The molecule has 1 fully saturated rings. The average molecular weight is 543 g/mol. The quantitative estimate of drug-likeness (QED) is 0.350. The number of nitrogens with one attached hydrogen (secondary N) is 2. The molecule has 4 heteroatoms. The molecule has 2 atom stereocenters. The third-order valence-corrected chi connectivity index (χ3v) is 7.89. The summed E-state index contributed by atoms with van der Waals surface area (Å²) >= 11 is 0. The molecule has 4 nitrogen and oxygen atoms in total. The van der Waals surface area contributed by atoms with Gasteiger partial charge in [0, 0.05) is 24.7 Å². The summed E-state index contributed by atoms with van der Waals surface area (Å²) in [5, 5.41) is 6.35. The highest BCUT2D eigenvalue weighted by Gasteiger charge is 2.41. The molecule has 2 N–H and O–H groups in total. The van der Waals surface area contributed by atoms with Crippen molar-refractivity contribution in [3.63, 3.8) is 0 Å². The molecule has 0 heterocycles. The van der Waals surface area contributed by atoms with Gasteiger partial charge in [0.05, 0.1) is 0 Å². The van der Waals surface area contributed by atoms with Crippen molar-refractivity contribution < 1.29 is 9.59 Å². The number of hydrogen-bond donors (Lipinski definition) is 2. The van der Waals surface area contributed by atoms with Gasteiger partial charge in [0.1, 0.15) is 0 Å². The Balaban J connectivity index is 1.55. The first-order valence-corrected chi connectivity index (χ1v) is 14.6. The Labute approximate surface area is 242 Å². The van der Waals surface area contributed by atoms with E-state index in [4.69, 9.17) is 0 Å². The Morgan fingerprint density at radius 2 is 1.20 bits per heavy atom. The number of benzene rings is 2. The van der Waals surface area contributed by atoms with Crippen molar-refractivity contribution in [2.45, 2.75) is 98.4 Å². The maximum absolute atomic E-state index is 12.8. The van der Waals surface area contributed by atoms with Gasteiger partial charge in [-0.2, -0.15) is 0 Å². The van der Waals surface area contributed by atoms with Gasteiger partial charge in [-0.25, -0.2) is 0 Å². The highest BCUT2D eigenvalue weighted by atomic mass is 16.2. The van der Waals surface area contributed by atoms with Crippen LogP contribution in [0.15, 0.2) is 60.7 Å². The first-order valence-electron chi connectivity index (χ1n) is 14.6. The summed E-state index contributed by atoms with van der Waals surface area (Å²) in [7, 11) is 0. The average Bonchev–Trinajstić information content (AvgIpc) is 2.83. The molecule has 0 aliphatic heterocycles. The molecular formula is C36H50N2O2. The van der Waals surface area contributed by atoms with Gasteiger partial charge in [0.25, 0.3) is 0 Å². The topological polar surface area (TPSA) is 58.2 Å². The normalized spacial score (nSPS) is 21.5. The van der Waals surface area contributed by atoms with Crippen molar-refractivity contribution in [2.75, 3.05) is 6.54 Å². The van der Waals surface area contributed by atoms with Crippen LogP contribution >= 0.6 is 0 Å². The number of carbonyl (C=O) groups excluding carboxylic acids is 2. The minimum Gasteiger partial charge on any atom is -0.352 e. The molecule has 1 saturated carbocycles. The van der Waals surface area contributed by atoms with Gasteiger partial charge in [0.15, 0.2) is 0 Å². The summed E-state index contributed by atoms with van der Waals surface area (Å²) in [6, 6.07) is 16.8. The van der Waals surface area contributed by atoms with Crippen LogP contribution in [0.25, 0.3) is 12.2 Å². The third-order valence-electron chi connectivity index (χ3n) is 7.89. The molecule has 40 heavy (non-hydrogen) atoms. The summed E-state index contributed by atoms with van der Waals surface area (Å²) in [5.41, 5.74) is 4.73. The number of hydrogen-bond acceptors (Lipinski definition) is 2. The number of amides is 2. The Morgan fingerprint density at radius 3 is 1.65 bits per heavy atom. The maximum Gasteiger partial charge on any atom is 0.244 e. The zero-order chi connectivity index (χ0) is 29.8. The van der Waals surface area contributed by atoms with Gasteiger partial charge >= 0.3 is 0 Å². The van der Waals surface area contributed by atoms with Crippen LogP contribution in [-0.4, -0.2) is 24.4 Å². The Kier molecular flexibility index (Phi) is 9.54. The standard InChI is InChI=1S/C36H50N2O2/c1-33(2,3)28-16-10-26(11-17-28)14-20-31(39)37-25-36(9)23-30(22-35(7,8)24-36)38-32(40)21-15-27-12-18-29(19-13-27)34(4,5)6/h10-21,30H,22-25H2,1-9H3,(H,37,39)(H,38,40)/b20-14+,21-15+/t30-,36+/m1/s1. The molecule has 0 spiro atoms. The maximum atomic E-state index is 12.8. The monoisotopic (exact) mass is 542 g/mol. The van der Waals surface area contributed by atoms with E-state index in [1.807, 2.05) is 12.2 Å². The van der Waals surface area contributed by atoms with E-state index in [2.05, 4.69) is 121 Å². The zero-order valence-corrected chi connectivity index (χ0v) is 26.2. The van der Waals surface area contributed by atoms with Crippen LogP contribution in [0.4, 0.5) is 0 Å². The van der Waals surface area contributed by atoms with E-state index in [0.717, 1.165) is 30.4 Å². The van der Waals surface area contributed by atoms with Crippen LogP contribution < -0.4 is 10.6 Å². The van der Waals surface area contributed by atoms with E-state index in [1.54, 1.807) is 12.2 Å². The van der Waals surface area contributed by atoms with Crippen molar-refractivity contribution in [3.8, 4) is 0 Å². The lowest BCUT2D eigenvalue weighted by atomic mass is 9.62. The van der Waals surface area contributed by atoms with E-state index in [1.165, 1.54) is 11.1 Å².